The van der Waals surface area contributed by atoms with E-state index in [0.717, 1.165) is 0 Å². The van der Waals surface area contributed by atoms with Crippen LogP contribution in [0.5, 0.6) is 5.75 Å². The van der Waals surface area contributed by atoms with E-state index in [1.165, 1.54) is 13.1 Å². The van der Waals surface area contributed by atoms with E-state index in [9.17, 15) is 19.1 Å². The molecule has 0 bridgehead atoms. The number of nitrogens with one attached hydrogen (secondary N) is 2. The summed E-state index contributed by atoms with van der Waals surface area (Å²) in [4.78, 5) is 24.6. The van der Waals surface area contributed by atoms with Gasteiger partial charge < -0.3 is 20.5 Å². The Bertz CT molecular complexity index is 673. The normalized spacial score (nSPS) is 27.7. The predicted octanol–water partition coefficient (Wildman–Crippen LogP) is 1.13. The van der Waals surface area contributed by atoms with Gasteiger partial charge in [0.2, 0.25) is 0 Å². The lowest BCUT2D eigenvalue weighted by molar-refractivity contribution is 0.0562. The summed E-state index contributed by atoms with van der Waals surface area (Å²) < 4.78 is 18.7. The topological polar surface area (TPSA) is 87.7 Å². The Kier molecular flexibility index (Phi) is 4.45. The summed E-state index contributed by atoms with van der Waals surface area (Å²) in [5.74, 6) is -0.589. The van der Waals surface area contributed by atoms with Crippen molar-refractivity contribution in [2.45, 2.75) is 43.9 Å². The Morgan fingerprint density at radius 3 is 2.62 bits per heavy atom. The number of benzene rings is 1. The fourth-order valence-electron chi connectivity index (χ4n) is 3.15. The number of carbonyl (C=O) groups is 2. The molecule has 0 saturated heterocycles. The van der Waals surface area contributed by atoms with E-state index in [1.54, 1.807) is 6.07 Å². The van der Waals surface area contributed by atoms with E-state index >= 15 is 0 Å². The molecule has 24 heavy (non-hydrogen) atoms. The zero-order chi connectivity index (χ0) is 17.4. The van der Waals surface area contributed by atoms with Crippen molar-refractivity contribution in [3.63, 3.8) is 0 Å². The Morgan fingerprint density at radius 2 is 2.04 bits per heavy atom. The first-order valence-corrected chi connectivity index (χ1v) is 8.06. The highest BCUT2D eigenvalue weighted by molar-refractivity contribution is 6.02. The number of halogens is 1. The van der Waals surface area contributed by atoms with Crippen LogP contribution in [0.2, 0.25) is 0 Å². The van der Waals surface area contributed by atoms with Gasteiger partial charge >= 0.3 is 0 Å². The molecule has 0 spiro atoms. The largest absolute Gasteiger partial charge is 0.486 e. The number of ether oxygens (including phenoxy) is 1. The molecule has 1 aromatic carbocycles. The highest BCUT2D eigenvalue weighted by Crippen LogP contribution is 2.41. The summed E-state index contributed by atoms with van der Waals surface area (Å²) in [6.45, 7) is 1.15. The standard InChI is InChI=1S/C17H21FN2O4/c1-8-12-3-9(16(22)20-10-5-11(21)6-10)4-13(17(23)19-2)15(12)24-14(8)7-18/h3-4,8,10-11,14,21H,5-7H2,1-2H3,(H,19,23)(H,20,22)/t8-,10-,11-,14+/m0/s1. The molecular weight excluding hydrogens is 315 g/mol. The van der Waals surface area contributed by atoms with Crippen molar-refractivity contribution in [1.29, 1.82) is 0 Å². The van der Waals surface area contributed by atoms with E-state index in [1.807, 2.05) is 6.92 Å². The second-order valence-corrected chi connectivity index (χ2v) is 6.42. The van der Waals surface area contributed by atoms with Crippen LogP contribution in [0.25, 0.3) is 0 Å². The highest BCUT2D eigenvalue weighted by atomic mass is 19.1. The lowest BCUT2D eigenvalue weighted by Crippen LogP contribution is -2.46. The third-order valence-electron chi connectivity index (χ3n) is 4.77. The summed E-state index contributed by atoms with van der Waals surface area (Å²) >= 11 is 0. The molecule has 2 atom stereocenters. The zero-order valence-corrected chi connectivity index (χ0v) is 13.6. The summed E-state index contributed by atoms with van der Waals surface area (Å²) in [5.41, 5.74) is 1.23. The molecule has 0 aromatic heterocycles. The van der Waals surface area contributed by atoms with Crippen LogP contribution in [0.4, 0.5) is 4.39 Å². The highest BCUT2D eigenvalue weighted by Gasteiger charge is 2.36. The van der Waals surface area contributed by atoms with Crippen molar-refractivity contribution >= 4 is 11.8 Å². The summed E-state index contributed by atoms with van der Waals surface area (Å²) in [7, 11) is 1.49. The van der Waals surface area contributed by atoms with Crippen molar-refractivity contribution in [1.82, 2.24) is 10.6 Å². The first-order chi connectivity index (χ1) is 11.4. The molecule has 3 N–H and O–H groups in total. The van der Waals surface area contributed by atoms with Gasteiger partial charge in [-0.2, -0.15) is 0 Å². The van der Waals surface area contributed by atoms with E-state index in [0.29, 0.717) is 29.7 Å². The van der Waals surface area contributed by atoms with Gasteiger partial charge in [-0.05, 0) is 25.0 Å². The van der Waals surface area contributed by atoms with Crippen LogP contribution in [0.3, 0.4) is 0 Å². The molecule has 1 fully saturated rings. The van der Waals surface area contributed by atoms with E-state index in [-0.39, 0.29) is 35.4 Å². The lowest BCUT2D eigenvalue weighted by Gasteiger charge is -2.32. The molecule has 6 nitrogen and oxygen atoms in total. The van der Waals surface area contributed by atoms with Crippen molar-refractivity contribution in [3.8, 4) is 5.75 Å². The third kappa shape index (κ3) is 2.84. The van der Waals surface area contributed by atoms with Gasteiger partial charge in [-0.15, -0.1) is 0 Å². The molecule has 1 aromatic rings. The summed E-state index contributed by atoms with van der Waals surface area (Å²) in [5, 5.41) is 14.7. The van der Waals surface area contributed by atoms with E-state index < -0.39 is 12.8 Å². The molecule has 1 aliphatic carbocycles. The Morgan fingerprint density at radius 1 is 1.33 bits per heavy atom. The molecule has 0 unspecified atom stereocenters. The van der Waals surface area contributed by atoms with Crippen LogP contribution in [0.1, 0.15) is 52.0 Å². The van der Waals surface area contributed by atoms with Gasteiger partial charge in [0.15, 0.2) is 0 Å². The maximum atomic E-state index is 13.1. The Balaban J connectivity index is 1.92. The smallest absolute Gasteiger partial charge is 0.254 e. The Hall–Kier alpha value is -2.15. The monoisotopic (exact) mass is 336 g/mol. The molecule has 130 valence electrons. The zero-order valence-electron chi connectivity index (χ0n) is 13.6. The molecule has 3 rings (SSSR count). The van der Waals surface area contributed by atoms with Gasteiger partial charge in [0.05, 0.1) is 11.7 Å². The van der Waals surface area contributed by atoms with Gasteiger partial charge in [0.1, 0.15) is 18.5 Å². The fourth-order valence-corrected chi connectivity index (χ4v) is 3.15. The Labute approximate surface area is 139 Å². The van der Waals surface area contributed by atoms with Gasteiger partial charge in [-0.3, -0.25) is 9.59 Å². The number of fused-ring (bicyclic) bond motifs is 1. The molecule has 1 aliphatic heterocycles. The lowest BCUT2D eigenvalue weighted by atomic mass is 9.89. The molecule has 1 saturated carbocycles. The minimum atomic E-state index is -0.662. The SMILES string of the molecule is CNC(=O)c1cc(C(=O)N[C@H]2C[C@H](O)C2)cc2c1O[C@H](CF)[C@H]2C. The van der Waals surface area contributed by atoms with Crippen molar-refractivity contribution in [2.75, 3.05) is 13.7 Å². The molecular formula is C17H21FN2O4. The maximum Gasteiger partial charge on any atom is 0.254 e. The van der Waals surface area contributed by atoms with Gasteiger partial charge in [-0.25, -0.2) is 4.39 Å². The first-order valence-electron chi connectivity index (χ1n) is 8.06. The number of rotatable bonds is 4. The fraction of sp³-hybridized carbons (Fsp3) is 0.529. The molecule has 2 aliphatic rings. The van der Waals surface area contributed by atoms with Crippen LogP contribution < -0.4 is 15.4 Å². The van der Waals surface area contributed by atoms with Crippen molar-refractivity contribution in [2.24, 2.45) is 0 Å². The van der Waals surface area contributed by atoms with Crippen molar-refractivity contribution in [3.05, 3.63) is 28.8 Å². The number of aliphatic hydroxyl groups excluding tert-OH is 1. The number of amides is 2. The minimum Gasteiger partial charge on any atom is -0.486 e. The number of alkyl halides is 1. The van der Waals surface area contributed by atoms with Crippen LogP contribution in [0.15, 0.2) is 12.1 Å². The minimum absolute atomic E-state index is 0.0588. The van der Waals surface area contributed by atoms with Crippen LogP contribution in [0, 0.1) is 0 Å². The van der Waals surface area contributed by atoms with Gasteiger partial charge in [-0.1, -0.05) is 6.92 Å². The van der Waals surface area contributed by atoms with Crippen molar-refractivity contribution < 1.29 is 23.8 Å². The maximum absolute atomic E-state index is 13.1. The first kappa shape index (κ1) is 16.7. The van der Waals surface area contributed by atoms with Crippen LogP contribution in [-0.4, -0.2) is 48.9 Å². The second-order valence-electron chi connectivity index (χ2n) is 6.42. The van der Waals surface area contributed by atoms with E-state index in [4.69, 9.17) is 4.74 Å². The quantitative estimate of drug-likeness (QED) is 0.769. The van der Waals surface area contributed by atoms with E-state index in [2.05, 4.69) is 10.6 Å². The van der Waals surface area contributed by atoms with Gasteiger partial charge in [0, 0.05) is 30.1 Å². The second kappa shape index (κ2) is 6.39. The number of hydrogen-bond acceptors (Lipinski definition) is 4. The molecule has 1 heterocycles. The molecule has 0 radical (unpaired) electrons. The van der Waals surface area contributed by atoms with Crippen LogP contribution >= 0.6 is 0 Å². The number of hydrogen-bond donors (Lipinski definition) is 3. The predicted molar refractivity (Wildman–Crippen MR) is 85.1 cm³/mol. The number of aliphatic hydroxyl groups is 1. The van der Waals surface area contributed by atoms with Gasteiger partial charge in [0.25, 0.3) is 11.8 Å². The summed E-state index contributed by atoms with van der Waals surface area (Å²) in [6, 6.07) is 3.07. The molecule has 7 heteroatoms. The average Bonchev–Trinajstić information content (AvgIpc) is 2.88. The summed E-state index contributed by atoms with van der Waals surface area (Å²) in [6.07, 6.45) is 0.0455. The average molecular weight is 336 g/mol. The molecule has 2 amide bonds. The third-order valence-corrected chi connectivity index (χ3v) is 4.77. The van der Waals surface area contributed by atoms with Crippen LogP contribution in [-0.2, 0) is 0 Å². The number of carbonyl (C=O) groups excluding carboxylic acids is 2.